The number of halogens is 1. The van der Waals surface area contributed by atoms with E-state index in [2.05, 4.69) is 15.5 Å². The van der Waals surface area contributed by atoms with E-state index in [1.54, 1.807) is 19.2 Å². The molecule has 1 N–H and O–H groups in total. The van der Waals surface area contributed by atoms with Crippen LogP contribution >= 0.6 is 11.6 Å². The highest BCUT2D eigenvalue weighted by atomic mass is 35.5. The van der Waals surface area contributed by atoms with Crippen LogP contribution in [0.5, 0.6) is 5.75 Å². The van der Waals surface area contributed by atoms with E-state index in [9.17, 15) is 4.79 Å². The van der Waals surface area contributed by atoms with Gasteiger partial charge >= 0.3 is 0 Å². The Labute approximate surface area is 156 Å². The molecule has 1 amide bonds. The van der Waals surface area contributed by atoms with Crippen molar-refractivity contribution in [3.8, 4) is 17.2 Å². The van der Waals surface area contributed by atoms with Crippen molar-refractivity contribution in [1.29, 1.82) is 0 Å². The van der Waals surface area contributed by atoms with E-state index in [1.165, 1.54) is 0 Å². The maximum absolute atomic E-state index is 12.1. The molecule has 0 aliphatic carbocycles. The number of carbonyl (C=O) groups excluding carboxylic acids is 1. The van der Waals surface area contributed by atoms with Gasteiger partial charge in [0.15, 0.2) is 0 Å². The lowest BCUT2D eigenvalue weighted by Gasteiger charge is -2.08. The molecule has 0 saturated carbocycles. The van der Waals surface area contributed by atoms with Gasteiger partial charge in [-0.25, -0.2) is 0 Å². The lowest BCUT2D eigenvalue weighted by atomic mass is 10.2. The highest BCUT2D eigenvalue weighted by Crippen LogP contribution is 2.24. The minimum Gasteiger partial charge on any atom is -0.497 e. The van der Waals surface area contributed by atoms with Gasteiger partial charge < -0.3 is 14.5 Å². The summed E-state index contributed by atoms with van der Waals surface area (Å²) in [6.45, 7) is 1.86. The molecule has 6 nitrogen and oxygen atoms in total. The zero-order chi connectivity index (χ0) is 18.5. The van der Waals surface area contributed by atoms with Crippen LogP contribution in [0.3, 0.4) is 0 Å². The summed E-state index contributed by atoms with van der Waals surface area (Å²) in [7, 11) is 1.61. The number of nitrogens with zero attached hydrogens (tertiary/aromatic N) is 2. The average Bonchev–Trinajstić information content (AvgIpc) is 3.13. The van der Waals surface area contributed by atoms with Gasteiger partial charge in [0.1, 0.15) is 5.75 Å². The second kappa shape index (κ2) is 8.01. The molecule has 2 aromatic carbocycles. The fourth-order valence-electron chi connectivity index (χ4n) is 2.38. The quantitative estimate of drug-likeness (QED) is 0.699. The molecule has 1 heterocycles. The molecule has 1 aromatic heterocycles. The lowest BCUT2D eigenvalue weighted by molar-refractivity contribution is -0.116. The predicted molar refractivity (Wildman–Crippen MR) is 99.4 cm³/mol. The number of rotatable bonds is 6. The summed E-state index contributed by atoms with van der Waals surface area (Å²) < 4.78 is 10.7. The Hall–Kier alpha value is -2.86. The normalized spacial score (nSPS) is 10.6. The molecule has 0 bridgehead atoms. The van der Waals surface area contributed by atoms with E-state index >= 15 is 0 Å². The van der Waals surface area contributed by atoms with Crippen LogP contribution in [-0.4, -0.2) is 23.2 Å². The summed E-state index contributed by atoms with van der Waals surface area (Å²) >= 11 is 6.06. The van der Waals surface area contributed by atoms with Gasteiger partial charge in [0.25, 0.3) is 0 Å². The Bertz CT molecular complexity index is 907. The molecule has 0 fully saturated rings. The summed E-state index contributed by atoms with van der Waals surface area (Å²) in [5.41, 5.74) is 2.33. The average molecular weight is 372 g/mol. The first kappa shape index (κ1) is 17.9. The second-order valence-corrected chi connectivity index (χ2v) is 6.10. The smallest absolute Gasteiger partial charge is 0.247 e. The van der Waals surface area contributed by atoms with E-state index in [0.29, 0.717) is 28.9 Å². The number of amides is 1. The Morgan fingerprint density at radius 1 is 1.19 bits per heavy atom. The van der Waals surface area contributed by atoms with Gasteiger partial charge in [-0.15, -0.1) is 10.2 Å². The van der Waals surface area contributed by atoms with Crippen molar-refractivity contribution in [3.63, 3.8) is 0 Å². The van der Waals surface area contributed by atoms with Crippen molar-refractivity contribution in [1.82, 2.24) is 10.2 Å². The number of ether oxygens (including phenoxy) is 1. The van der Waals surface area contributed by atoms with Gasteiger partial charge in [0.05, 0.1) is 7.11 Å². The fourth-order valence-corrected chi connectivity index (χ4v) is 2.56. The Morgan fingerprint density at radius 3 is 2.69 bits per heavy atom. The van der Waals surface area contributed by atoms with Crippen molar-refractivity contribution in [2.45, 2.75) is 19.8 Å². The SMILES string of the molecule is COc1ccc(-c2nnc(CCC(=O)Nc3cccc(Cl)c3C)o2)cc1. The van der Waals surface area contributed by atoms with E-state index in [4.69, 9.17) is 20.8 Å². The summed E-state index contributed by atoms with van der Waals surface area (Å²) in [6.07, 6.45) is 0.588. The zero-order valence-corrected chi connectivity index (χ0v) is 15.2. The van der Waals surface area contributed by atoms with Crippen LogP contribution in [0.25, 0.3) is 11.5 Å². The predicted octanol–water partition coefficient (Wildman–Crippen LogP) is 4.28. The number of anilines is 1. The van der Waals surface area contributed by atoms with Crippen LogP contribution in [0.2, 0.25) is 5.02 Å². The minimum absolute atomic E-state index is 0.139. The molecule has 3 aromatic rings. The number of benzene rings is 2. The first-order chi connectivity index (χ1) is 12.6. The summed E-state index contributed by atoms with van der Waals surface area (Å²) in [5, 5.41) is 11.5. The molecule has 26 heavy (non-hydrogen) atoms. The van der Waals surface area contributed by atoms with E-state index < -0.39 is 0 Å². The van der Waals surface area contributed by atoms with E-state index in [1.807, 2.05) is 37.3 Å². The van der Waals surface area contributed by atoms with Gasteiger partial charge in [-0.3, -0.25) is 4.79 Å². The number of methoxy groups -OCH3 is 1. The maximum Gasteiger partial charge on any atom is 0.247 e. The van der Waals surface area contributed by atoms with E-state index in [0.717, 1.165) is 16.9 Å². The number of nitrogens with one attached hydrogen (secondary N) is 1. The molecule has 0 spiro atoms. The number of aryl methyl sites for hydroxylation is 1. The van der Waals surface area contributed by atoms with Crippen molar-refractivity contribution in [3.05, 3.63) is 58.9 Å². The van der Waals surface area contributed by atoms with Crippen LogP contribution in [0.1, 0.15) is 17.9 Å². The molecule has 0 saturated heterocycles. The maximum atomic E-state index is 12.1. The number of carbonyl (C=O) groups is 1. The van der Waals surface area contributed by atoms with Gasteiger partial charge in [0.2, 0.25) is 17.7 Å². The molecule has 7 heteroatoms. The number of hydrogen-bond donors (Lipinski definition) is 1. The molecule has 134 valence electrons. The van der Waals surface area contributed by atoms with Crippen LogP contribution in [-0.2, 0) is 11.2 Å². The molecule has 0 radical (unpaired) electrons. The third-order valence-electron chi connectivity index (χ3n) is 3.91. The molecule has 0 unspecified atom stereocenters. The topological polar surface area (TPSA) is 77.2 Å². The Morgan fingerprint density at radius 2 is 1.96 bits per heavy atom. The highest BCUT2D eigenvalue weighted by molar-refractivity contribution is 6.31. The van der Waals surface area contributed by atoms with Gasteiger partial charge in [-0.2, -0.15) is 0 Å². The standard InChI is InChI=1S/C19H18ClN3O3/c1-12-15(20)4-3-5-16(12)21-17(24)10-11-18-22-23-19(26-18)13-6-8-14(25-2)9-7-13/h3-9H,10-11H2,1-2H3,(H,21,24). The summed E-state index contributed by atoms with van der Waals surface area (Å²) in [4.78, 5) is 12.1. The fraction of sp³-hybridized carbons (Fsp3) is 0.211. The zero-order valence-electron chi connectivity index (χ0n) is 14.5. The van der Waals surface area contributed by atoms with Crippen molar-refractivity contribution >= 4 is 23.2 Å². The molecule has 3 rings (SSSR count). The first-order valence-corrected chi connectivity index (χ1v) is 8.46. The third-order valence-corrected chi connectivity index (χ3v) is 4.32. The monoisotopic (exact) mass is 371 g/mol. The van der Waals surface area contributed by atoms with Gasteiger partial charge in [-0.1, -0.05) is 17.7 Å². The lowest BCUT2D eigenvalue weighted by Crippen LogP contribution is -2.13. The van der Waals surface area contributed by atoms with Crippen LogP contribution < -0.4 is 10.1 Å². The Kier molecular flexibility index (Phi) is 5.53. The first-order valence-electron chi connectivity index (χ1n) is 8.08. The Balaban J connectivity index is 1.59. The number of hydrogen-bond acceptors (Lipinski definition) is 5. The molecular weight excluding hydrogens is 354 g/mol. The highest BCUT2D eigenvalue weighted by Gasteiger charge is 2.12. The second-order valence-electron chi connectivity index (χ2n) is 5.69. The van der Waals surface area contributed by atoms with Crippen molar-refractivity contribution in [2.75, 3.05) is 12.4 Å². The van der Waals surface area contributed by atoms with Gasteiger partial charge in [0, 0.05) is 29.1 Å². The minimum atomic E-state index is -0.139. The summed E-state index contributed by atoms with van der Waals surface area (Å²) in [5.74, 6) is 1.43. The molecule has 0 aliphatic rings. The van der Waals surface area contributed by atoms with Crippen molar-refractivity contribution in [2.24, 2.45) is 0 Å². The van der Waals surface area contributed by atoms with Crippen LogP contribution in [0.15, 0.2) is 46.9 Å². The number of aromatic nitrogens is 2. The van der Waals surface area contributed by atoms with Crippen LogP contribution in [0.4, 0.5) is 5.69 Å². The molecule has 0 atom stereocenters. The van der Waals surface area contributed by atoms with Gasteiger partial charge in [-0.05, 0) is 48.9 Å². The molecule has 0 aliphatic heterocycles. The van der Waals surface area contributed by atoms with E-state index in [-0.39, 0.29) is 12.3 Å². The summed E-state index contributed by atoms with van der Waals surface area (Å²) in [6, 6.07) is 12.7. The van der Waals surface area contributed by atoms with Crippen molar-refractivity contribution < 1.29 is 13.9 Å². The van der Waals surface area contributed by atoms with Crippen LogP contribution in [0, 0.1) is 6.92 Å². The largest absolute Gasteiger partial charge is 0.497 e. The third kappa shape index (κ3) is 4.21. The molecular formula is C19H18ClN3O3.